The van der Waals surface area contributed by atoms with E-state index < -0.39 is 46.5 Å². The van der Waals surface area contributed by atoms with Crippen molar-refractivity contribution in [2.24, 2.45) is 0 Å². The second kappa shape index (κ2) is 8.77. The van der Waals surface area contributed by atoms with Gasteiger partial charge in [-0.2, -0.15) is 26.3 Å². The molecule has 1 aliphatic heterocycles. The summed E-state index contributed by atoms with van der Waals surface area (Å²) in [6.45, 7) is 5.10. The van der Waals surface area contributed by atoms with Gasteiger partial charge in [0.2, 0.25) is 0 Å². The van der Waals surface area contributed by atoms with Crippen LogP contribution in [0.15, 0.2) is 48.5 Å². The van der Waals surface area contributed by atoms with Gasteiger partial charge in [-0.25, -0.2) is 0 Å². The molecule has 2 aromatic carbocycles. The molecule has 3 nitrogen and oxygen atoms in total. The lowest BCUT2D eigenvalue weighted by Crippen LogP contribution is -2.53. The number of alkyl halides is 6. The van der Waals surface area contributed by atoms with E-state index in [1.807, 2.05) is 13.8 Å². The fraction of sp³-hybridized carbons (Fsp3) is 0.435. The van der Waals surface area contributed by atoms with E-state index in [9.17, 15) is 31.1 Å². The number of amides is 1. The minimum Gasteiger partial charge on any atom is -0.343 e. The van der Waals surface area contributed by atoms with Crippen molar-refractivity contribution in [3.63, 3.8) is 0 Å². The van der Waals surface area contributed by atoms with Gasteiger partial charge >= 0.3 is 12.4 Å². The minimum atomic E-state index is -5.12. The molecule has 0 radical (unpaired) electrons. The average molecular weight is 458 g/mol. The number of hydrogen-bond donors (Lipinski definition) is 1. The molecule has 1 aliphatic rings. The van der Waals surface area contributed by atoms with Crippen LogP contribution in [0.5, 0.6) is 0 Å². The van der Waals surface area contributed by atoms with Gasteiger partial charge in [0.05, 0.1) is 22.7 Å². The first-order chi connectivity index (χ1) is 14.8. The van der Waals surface area contributed by atoms with Gasteiger partial charge in [0.1, 0.15) is 0 Å². The lowest BCUT2D eigenvalue weighted by Gasteiger charge is -2.43. The maximum absolute atomic E-state index is 13.6. The van der Waals surface area contributed by atoms with Crippen LogP contribution in [-0.4, -0.2) is 29.4 Å². The summed E-state index contributed by atoms with van der Waals surface area (Å²) in [7, 11) is 0. The molecule has 3 rings (SSSR count). The van der Waals surface area contributed by atoms with Crippen molar-refractivity contribution < 1.29 is 31.1 Å². The summed E-state index contributed by atoms with van der Waals surface area (Å²) in [6.07, 6.45) is -8.40. The normalized spacial score (nSPS) is 16.8. The first-order valence-electron chi connectivity index (χ1n) is 10.2. The summed E-state index contributed by atoms with van der Waals surface area (Å²) < 4.78 is 81.4. The van der Waals surface area contributed by atoms with Crippen LogP contribution < -0.4 is 5.32 Å². The number of rotatable bonds is 5. The largest absolute Gasteiger partial charge is 0.417 e. The highest BCUT2D eigenvalue weighted by Crippen LogP contribution is 2.40. The molecule has 0 bridgehead atoms. The standard InChI is InChI=1S/C23H24F6N2O/c1-21(2,31-13-6-7-14-31)19(15-9-4-3-5-10-15)30-20(32)18-16(22(24,25)26)11-8-12-17(18)23(27,28)29/h3-5,8-12,19H,6-7,13-14H2,1-2H3,(H,30,32). The monoisotopic (exact) mass is 458 g/mol. The number of hydrogen-bond acceptors (Lipinski definition) is 2. The zero-order valence-electron chi connectivity index (χ0n) is 17.6. The summed E-state index contributed by atoms with van der Waals surface area (Å²) in [5.74, 6) is -1.41. The van der Waals surface area contributed by atoms with Crippen molar-refractivity contribution in [2.45, 2.75) is 50.6 Å². The SMILES string of the molecule is CC(C)(C(NC(=O)c1c(C(F)(F)F)cccc1C(F)(F)F)c1ccccc1)N1CCCC1. The first kappa shape index (κ1) is 24.1. The van der Waals surface area contributed by atoms with Crippen molar-refractivity contribution in [2.75, 3.05) is 13.1 Å². The smallest absolute Gasteiger partial charge is 0.343 e. The molecule has 0 aliphatic carbocycles. The lowest BCUT2D eigenvalue weighted by atomic mass is 9.86. The summed E-state index contributed by atoms with van der Waals surface area (Å²) in [6, 6.07) is 9.36. The number of carbonyl (C=O) groups is 1. The van der Waals surface area contributed by atoms with Crippen LogP contribution in [0.1, 0.15) is 59.8 Å². The molecule has 1 fully saturated rings. The van der Waals surface area contributed by atoms with E-state index >= 15 is 0 Å². The van der Waals surface area contributed by atoms with Crippen LogP contribution in [0.2, 0.25) is 0 Å². The molecule has 1 heterocycles. The Bertz CT molecular complexity index is 915. The second-order valence-corrected chi connectivity index (χ2v) is 8.39. The zero-order valence-corrected chi connectivity index (χ0v) is 17.6. The van der Waals surface area contributed by atoms with Crippen molar-refractivity contribution in [1.82, 2.24) is 10.2 Å². The van der Waals surface area contributed by atoms with Crippen LogP contribution in [0, 0.1) is 0 Å². The molecule has 2 aromatic rings. The summed E-state index contributed by atoms with van der Waals surface area (Å²) in [5.41, 5.74) is -4.80. The Kier molecular flexibility index (Phi) is 6.60. The van der Waals surface area contributed by atoms with Gasteiger partial charge in [-0.15, -0.1) is 0 Å². The maximum Gasteiger partial charge on any atom is 0.417 e. The number of nitrogens with zero attached hydrogens (tertiary/aromatic N) is 1. The van der Waals surface area contributed by atoms with Gasteiger partial charge in [0.15, 0.2) is 0 Å². The third-order valence-electron chi connectivity index (χ3n) is 5.94. The fourth-order valence-corrected chi connectivity index (χ4v) is 4.26. The Morgan fingerprint density at radius 3 is 1.81 bits per heavy atom. The van der Waals surface area contributed by atoms with Crippen LogP contribution in [0.25, 0.3) is 0 Å². The van der Waals surface area contributed by atoms with Crippen molar-refractivity contribution in [3.8, 4) is 0 Å². The average Bonchev–Trinajstić information content (AvgIpc) is 3.26. The van der Waals surface area contributed by atoms with Crippen LogP contribution in [0.3, 0.4) is 0 Å². The molecule has 0 aromatic heterocycles. The predicted octanol–water partition coefficient (Wildman–Crippen LogP) is 6.07. The van der Waals surface area contributed by atoms with Crippen LogP contribution >= 0.6 is 0 Å². The number of likely N-dealkylation sites (tertiary alicyclic amines) is 1. The molecule has 32 heavy (non-hydrogen) atoms. The molecule has 1 saturated heterocycles. The molecule has 9 heteroatoms. The Balaban J connectivity index is 2.09. The zero-order chi connectivity index (χ0) is 23.7. The summed E-state index contributed by atoms with van der Waals surface area (Å²) in [4.78, 5) is 15.2. The molecule has 1 N–H and O–H groups in total. The Labute approximate surface area is 182 Å². The molecule has 0 spiro atoms. The van der Waals surface area contributed by atoms with Gasteiger partial charge in [-0.3, -0.25) is 9.69 Å². The van der Waals surface area contributed by atoms with E-state index in [0.717, 1.165) is 25.9 Å². The number of benzene rings is 2. The quantitative estimate of drug-likeness (QED) is 0.552. The molecule has 0 saturated carbocycles. The molecular formula is C23H24F6N2O. The number of carbonyl (C=O) groups excluding carboxylic acids is 1. The van der Waals surface area contributed by atoms with Crippen molar-refractivity contribution in [3.05, 3.63) is 70.8 Å². The van der Waals surface area contributed by atoms with Crippen molar-refractivity contribution in [1.29, 1.82) is 0 Å². The van der Waals surface area contributed by atoms with E-state index in [1.165, 1.54) is 0 Å². The Hall–Kier alpha value is -2.55. The Morgan fingerprint density at radius 2 is 1.34 bits per heavy atom. The van der Waals surface area contributed by atoms with Gasteiger partial charge in [-0.1, -0.05) is 36.4 Å². The molecule has 1 amide bonds. The molecule has 174 valence electrons. The van der Waals surface area contributed by atoms with Gasteiger partial charge < -0.3 is 5.32 Å². The summed E-state index contributed by atoms with van der Waals surface area (Å²) >= 11 is 0. The highest BCUT2D eigenvalue weighted by Gasteiger charge is 2.45. The number of halogens is 6. The van der Waals surface area contributed by atoms with Crippen LogP contribution in [0.4, 0.5) is 26.3 Å². The maximum atomic E-state index is 13.6. The lowest BCUT2D eigenvalue weighted by molar-refractivity contribution is -0.143. The van der Waals surface area contributed by atoms with Crippen LogP contribution in [-0.2, 0) is 12.4 Å². The van der Waals surface area contributed by atoms with E-state index in [1.54, 1.807) is 30.3 Å². The highest BCUT2D eigenvalue weighted by atomic mass is 19.4. The molecular weight excluding hydrogens is 434 g/mol. The predicted molar refractivity (Wildman–Crippen MR) is 108 cm³/mol. The van der Waals surface area contributed by atoms with Gasteiger partial charge in [0, 0.05) is 5.54 Å². The third-order valence-corrected chi connectivity index (χ3v) is 5.94. The van der Waals surface area contributed by atoms with Gasteiger partial charge in [-0.05, 0) is 57.5 Å². The molecule has 1 atom stereocenters. The van der Waals surface area contributed by atoms with Gasteiger partial charge in [0.25, 0.3) is 5.91 Å². The van der Waals surface area contributed by atoms with E-state index in [4.69, 9.17) is 0 Å². The summed E-state index contributed by atoms with van der Waals surface area (Å²) in [5, 5.41) is 2.51. The fourth-order valence-electron chi connectivity index (χ4n) is 4.26. The van der Waals surface area contributed by atoms with E-state index in [0.29, 0.717) is 23.8 Å². The second-order valence-electron chi connectivity index (χ2n) is 8.39. The number of nitrogens with one attached hydrogen (secondary N) is 1. The topological polar surface area (TPSA) is 32.3 Å². The third kappa shape index (κ3) is 4.92. The van der Waals surface area contributed by atoms with E-state index in [2.05, 4.69) is 10.2 Å². The van der Waals surface area contributed by atoms with E-state index in [-0.39, 0.29) is 0 Å². The van der Waals surface area contributed by atoms with Crippen molar-refractivity contribution >= 4 is 5.91 Å². The minimum absolute atomic E-state index is 0.493. The molecule has 1 unspecified atom stereocenters. The highest BCUT2D eigenvalue weighted by molar-refractivity contribution is 5.98. The Morgan fingerprint density at radius 1 is 0.844 bits per heavy atom. The first-order valence-corrected chi connectivity index (χ1v) is 10.2.